The summed E-state index contributed by atoms with van der Waals surface area (Å²) in [7, 11) is 0. The highest BCUT2D eigenvalue weighted by molar-refractivity contribution is 6.02. The average molecular weight is 610 g/mol. The smallest absolute Gasteiger partial charge is 0.408 e. The SMILES string of the molecule is CC(=O)OC1CC[C@@]2(C)C(CC[C@]3(C)C2CCC2C4=C(C(C)C)C(=O)C[C@]4(NC(=O)OC4CCCCC4)CC[C@]23C)C1(C)C. The second kappa shape index (κ2) is 10.9. The summed E-state index contributed by atoms with van der Waals surface area (Å²) in [5, 5.41) is 3.39. The van der Waals surface area contributed by atoms with E-state index in [2.05, 4.69) is 53.8 Å². The van der Waals surface area contributed by atoms with Crippen molar-refractivity contribution in [3.05, 3.63) is 11.1 Å². The first-order chi connectivity index (χ1) is 20.6. The molecule has 6 nitrogen and oxygen atoms in total. The number of amides is 1. The lowest BCUT2D eigenvalue weighted by atomic mass is 9.33. The molecular formula is C38H59NO5. The highest BCUT2D eigenvalue weighted by Crippen LogP contribution is 2.75. The van der Waals surface area contributed by atoms with Gasteiger partial charge in [-0.15, -0.1) is 0 Å². The fourth-order valence-corrected chi connectivity index (χ4v) is 12.7. The van der Waals surface area contributed by atoms with E-state index in [1.807, 2.05) is 0 Å². The second-order valence-corrected chi connectivity index (χ2v) is 17.5. The molecule has 44 heavy (non-hydrogen) atoms. The molecule has 1 N–H and O–H groups in total. The molecule has 0 aromatic heterocycles. The Bertz CT molecular complexity index is 1230. The summed E-state index contributed by atoms with van der Waals surface area (Å²) in [6.07, 6.45) is 13.7. The van der Waals surface area contributed by atoms with Crippen molar-refractivity contribution in [3.8, 4) is 0 Å². The zero-order chi connectivity index (χ0) is 31.9. The Morgan fingerprint density at radius 2 is 1.50 bits per heavy atom. The molecule has 6 aliphatic rings. The zero-order valence-corrected chi connectivity index (χ0v) is 28.9. The van der Waals surface area contributed by atoms with Crippen LogP contribution in [0.2, 0.25) is 0 Å². The molecule has 0 spiro atoms. The van der Waals surface area contributed by atoms with Crippen LogP contribution in [0.15, 0.2) is 11.1 Å². The summed E-state index contributed by atoms with van der Waals surface area (Å²) in [5.41, 5.74) is 1.93. The van der Waals surface area contributed by atoms with Crippen molar-refractivity contribution in [3.63, 3.8) is 0 Å². The number of fused-ring (bicyclic) bond motifs is 7. The molecule has 0 aromatic rings. The van der Waals surface area contributed by atoms with Crippen molar-refractivity contribution in [2.24, 2.45) is 45.3 Å². The minimum Gasteiger partial charge on any atom is -0.462 e. The topological polar surface area (TPSA) is 81.7 Å². The summed E-state index contributed by atoms with van der Waals surface area (Å²) in [5.74, 6) is 1.55. The van der Waals surface area contributed by atoms with Crippen molar-refractivity contribution < 1.29 is 23.9 Å². The molecule has 1 amide bonds. The molecule has 5 saturated carbocycles. The first kappa shape index (κ1) is 32.1. The molecular weight excluding hydrogens is 550 g/mol. The lowest BCUT2D eigenvalue weighted by molar-refractivity contribution is -0.231. The van der Waals surface area contributed by atoms with E-state index in [-0.39, 0.29) is 63.5 Å². The predicted molar refractivity (Wildman–Crippen MR) is 172 cm³/mol. The van der Waals surface area contributed by atoms with Gasteiger partial charge >= 0.3 is 12.1 Å². The maximum absolute atomic E-state index is 13.8. The van der Waals surface area contributed by atoms with Gasteiger partial charge < -0.3 is 14.8 Å². The maximum atomic E-state index is 13.8. The average Bonchev–Trinajstić information content (AvgIpc) is 3.22. The van der Waals surface area contributed by atoms with Gasteiger partial charge in [0.25, 0.3) is 0 Å². The number of carbonyl (C=O) groups is 3. The van der Waals surface area contributed by atoms with Crippen molar-refractivity contribution in [1.29, 1.82) is 0 Å². The first-order valence-electron chi connectivity index (χ1n) is 18.0. The second-order valence-electron chi connectivity index (χ2n) is 17.5. The predicted octanol–water partition coefficient (Wildman–Crippen LogP) is 8.71. The Kier molecular flexibility index (Phi) is 7.93. The van der Waals surface area contributed by atoms with E-state index in [1.165, 1.54) is 12.0 Å². The fraction of sp³-hybridized carbons (Fsp3) is 0.868. The van der Waals surface area contributed by atoms with Gasteiger partial charge in [-0.3, -0.25) is 9.59 Å². The third kappa shape index (κ3) is 4.64. The first-order valence-corrected chi connectivity index (χ1v) is 18.0. The van der Waals surface area contributed by atoms with Crippen LogP contribution < -0.4 is 5.32 Å². The van der Waals surface area contributed by atoms with Crippen LogP contribution in [0.3, 0.4) is 0 Å². The number of hydrogen-bond acceptors (Lipinski definition) is 5. The minimum absolute atomic E-state index is 0.00595. The monoisotopic (exact) mass is 609 g/mol. The fourth-order valence-electron chi connectivity index (χ4n) is 12.7. The van der Waals surface area contributed by atoms with Gasteiger partial charge in [-0.25, -0.2) is 4.79 Å². The maximum Gasteiger partial charge on any atom is 0.408 e. The number of alkyl carbamates (subject to hydrolysis) is 1. The molecule has 0 bridgehead atoms. The molecule has 4 unspecified atom stereocenters. The largest absolute Gasteiger partial charge is 0.462 e. The van der Waals surface area contributed by atoms with Crippen LogP contribution in [0.25, 0.3) is 0 Å². The van der Waals surface area contributed by atoms with Crippen LogP contribution in [-0.2, 0) is 19.1 Å². The van der Waals surface area contributed by atoms with E-state index >= 15 is 0 Å². The van der Waals surface area contributed by atoms with Gasteiger partial charge in [-0.2, -0.15) is 0 Å². The van der Waals surface area contributed by atoms with Crippen molar-refractivity contribution in [2.45, 2.75) is 163 Å². The lowest BCUT2D eigenvalue weighted by Crippen LogP contribution is -2.67. The minimum atomic E-state index is -0.610. The third-order valence-electron chi connectivity index (χ3n) is 14.8. The number of Topliss-reactive ketones (excluding diaryl/α,β-unsaturated/α-hetero) is 1. The highest BCUT2D eigenvalue weighted by atomic mass is 16.6. The van der Waals surface area contributed by atoms with Crippen LogP contribution >= 0.6 is 0 Å². The Morgan fingerprint density at radius 3 is 2.16 bits per heavy atom. The Labute approximate surface area is 266 Å². The molecule has 5 fully saturated rings. The zero-order valence-electron chi connectivity index (χ0n) is 28.9. The van der Waals surface area contributed by atoms with E-state index in [0.29, 0.717) is 18.3 Å². The molecule has 6 heteroatoms. The van der Waals surface area contributed by atoms with Gasteiger partial charge in [0.2, 0.25) is 0 Å². The van der Waals surface area contributed by atoms with Gasteiger partial charge in [0.15, 0.2) is 5.78 Å². The van der Waals surface area contributed by atoms with E-state index in [1.54, 1.807) is 6.92 Å². The van der Waals surface area contributed by atoms with Crippen LogP contribution in [0.4, 0.5) is 4.79 Å². The van der Waals surface area contributed by atoms with E-state index in [0.717, 1.165) is 82.6 Å². The Balaban J connectivity index is 1.33. The van der Waals surface area contributed by atoms with Crippen LogP contribution in [0.1, 0.15) is 145 Å². The Morgan fingerprint density at radius 1 is 0.795 bits per heavy atom. The van der Waals surface area contributed by atoms with Crippen LogP contribution in [-0.4, -0.2) is 35.6 Å². The normalized spacial score (nSPS) is 43.4. The molecule has 0 aromatic carbocycles. The van der Waals surface area contributed by atoms with Gasteiger partial charge in [0, 0.05) is 18.8 Å². The summed E-state index contributed by atoms with van der Waals surface area (Å²) in [6.45, 7) is 18.2. The van der Waals surface area contributed by atoms with Gasteiger partial charge in [-0.05, 0) is 128 Å². The van der Waals surface area contributed by atoms with Gasteiger partial charge in [0.05, 0.1) is 5.54 Å². The number of allylic oxidation sites excluding steroid dienone is 1. The number of hydrogen-bond donors (Lipinski definition) is 1. The molecule has 0 radical (unpaired) electrons. The molecule has 8 atom stereocenters. The summed E-state index contributed by atoms with van der Waals surface area (Å²) in [4.78, 5) is 39.3. The van der Waals surface area contributed by atoms with E-state index < -0.39 is 5.54 Å². The standard InChI is InChI=1S/C38H59NO5/c1-23(2)31-27(41)22-38(39-33(42)44-25-12-10-9-11-13-25)21-20-36(7)26(32(31)38)14-15-29-35(6)18-17-30(43-24(3)40)34(4,5)28(35)16-19-37(29,36)8/h23,25-26,28-30H,9-22H2,1-8H3,(H,39,42)/t26?,28?,29?,30?,35-,36+,37+,38+/m0/s1. The number of carbonyl (C=O) groups excluding carboxylic acids is 3. The number of ether oxygens (including phenoxy) is 2. The summed E-state index contributed by atoms with van der Waals surface area (Å²) < 4.78 is 11.9. The number of esters is 1. The summed E-state index contributed by atoms with van der Waals surface area (Å²) >= 11 is 0. The quantitative estimate of drug-likeness (QED) is 0.323. The summed E-state index contributed by atoms with van der Waals surface area (Å²) in [6, 6.07) is 0. The van der Waals surface area contributed by atoms with Crippen LogP contribution in [0, 0.1) is 45.3 Å². The highest BCUT2D eigenvalue weighted by Gasteiger charge is 2.70. The van der Waals surface area contributed by atoms with Gasteiger partial charge in [-0.1, -0.05) is 54.9 Å². The molecule has 0 heterocycles. The molecule has 0 saturated heterocycles. The van der Waals surface area contributed by atoms with Crippen molar-refractivity contribution in [1.82, 2.24) is 5.32 Å². The van der Waals surface area contributed by atoms with Crippen molar-refractivity contribution >= 4 is 17.8 Å². The van der Waals surface area contributed by atoms with Crippen molar-refractivity contribution in [2.75, 3.05) is 0 Å². The number of rotatable bonds is 4. The lowest BCUT2D eigenvalue weighted by Gasteiger charge is -2.72. The van der Waals surface area contributed by atoms with Crippen LogP contribution in [0.5, 0.6) is 0 Å². The van der Waals surface area contributed by atoms with E-state index in [4.69, 9.17) is 9.47 Å². The van der Waals surface area contributed by atoms with Gasteiger partial charge in [0.1, 0.15) is 12.2 Å². The molecule has 6 rings (SSSR count). The third-order valence-corrected chi connectivity index (χ3v) is 14.8. The number of nitrogens with one attached hydrogen (secondary N) is 1. The molecule has 0 aliphatic heterocycles. The number of ketones is 1. The van der Waals surface area contributed by atoms with E-state index in [9.17, 15) is 14.4 Å². The molecule has 6 aliphatic carbocycles. The Hall–Kier alpha value is -1.85. The molecule has 246 valence electrons.